The van der Waals surface area contributed by atoms with Gasteiger partial charge in [-0.05, 0) is 64.5 Å². The predicted molar refractivity (Wildman–Crippen MR) is 118 cm³/mol. The molecular weight excluding hydrogens is 408 g/mol. The van der Waals surface area contributed by atoms with Crippen LogP contribution in [-0.4, -0.2) is 59.4 Å². The minimum absolute atomic E-state index is 0.0345. The molecule has 1 aromatic rings. The second-order valence-corrected chi connectivity index (χ2v) is 10.1. The normalized spacial score (nSPS) is 22.8. The molecule has 0 unspecified atom stereocenters. The largest absolute Gasteiger partial charge is 0.465 e. The van der Waals surface area contributed by atoms with Gasteiger partial charge in [0.2, 0.25) is 0 Å². The lowest BCUT2D eigenvalue weighted by atomic mass is 9.85. The molecule has 2 aliphatic rings. The molecule has 2 heterocycles. The van der Waals surface area contributed by atoms with Crippen molar-refractivity contribution in [2.24, 2.45) is 5.92 Å². The molecule has 1 aliphatic heterocycles. The van der Waals surface area contributed by atoms with E-state index in [2.05, 4.69) is 27.4 Å². The van der Waals surface area contributed by atoms with E-state index in [0.29, 0.717) is 17.8 Å². The molecule has 29 heavy (non-hydrogen) atoms. The van der Waals surface area contributed by atoms with Crippen LogP contribution in [0.2, 0.25) is 0 Å². The fourth-order valence-electron chi connectivity index (χ4n) is 4.11. The van der Waals surface area contributed by atoms with Crippen LogP contribution in [-0.2, 0) is 9.53 Å². The quantitative estimate of drug-likeness (QED) is 0.493. The maximum absolute atomic E-state index is 13.2. The van der Waals surface area contributed by atoms with E-state index in [0.717, 1.165) is 48.9 Å². The van der Waals surface area contributed by atoms with Crippen LogP contribution in [0.3, 0.4) is 0 Å². The number of hydrogen-bond donors (Lipinski definition) is 2. The van der Waals surface area contributed by atoms with Gasteiger partial charge in [-0.15, -0.1) is 11.8 Å². The van der Waals surface area contributed by atoms with Crippen LogP contribution in [0.5, 0.6) is 0 Å². The number of piperidine rings is 1. The van der Waals surface area contributed by atoms with E-state index in [1.807, 2.05) is 0 Å². The molecule has 0 spiro atoms. The Balaban J connectivity index is 1.61. The summed E-state index contributed by atoms with van der Waals surface area (Å²) in [5.41, 5.74) is 0. The number of hydrogen-bond acceptors (Lipinski definition) is 7. The zero-order chi connectivity index (χ0) is 20.6. The number of ether oxygens (including phenoxy) is 1. The van der Waals surface area contributed by atoms with Gasteiger partial charge < -0.3 is 15.0 Å². The van der Waals surface area contributed by atoms with Crippen molar-refractivity contribution < 1.29 is 14.3 Å². The van der Waals surface area contributed by atoms with Gasteiger partial charge in [-0.3, -0.25) is 10.1 Å². The highest BCUT2D eigenvalue weighted by molar-refractivity contribution is 8.01. The monoisotopic (exact) mass is 440 g/mol. The summed E-state index contributed by atoms with van der Waals surface area (Å²) in [6.07, 6.45) is 8.24. The minimum atomic E-state index is -0.236. The summed E-state index contributed by atoms with van der Waals surface area (Å²) in [7, 11) is 0. The van der Waals surface area contributed by atoms with Crippen LogP contribution >= 0.6 is 23.1 Å². The molecule has 9 heteroatoms. The molecule has 1 saturated carbocycles. The third-order valence-corrected chi connectivity index (χ3v) is 7.73. The Bertz CT molecular complexity index is 670. The average Bonchev–Trinajstić information content (AvgIpc) is 3.16. The van der Waals surface area contributed by atoms with Crippen LogP contribution in [0.4, 0.5) is 9.93 Å². The van der Waals surface area contributed by atoms with E-state index in [-0.39, 0.29) is 23.8 Å². The number of carbonyl (C=O) groups excluding carboxylic acids is 2. The number of rotatable bonds is 7. The number of nitrogens with zero attached hydrogens (tertiary/aromatic N) is 2. The predicted octanol–water partition coefficient (Wildman–Crippen LogP) is 3.96. The van der Waals surface area contributed by atoms with Gasteiger partial charge >= 0.3 is 12.0 Å². The Morgan fingerprint density at radius 2 is 1.93 bits per heavy atom. The van der Waals surface area contributed by atoms with E-state index in [1.54, 1.807) is 13.1 Å². The topological polar surface area (TPSA) is 83.6 Å². The fourth-order valence-corrected chi connectivity index (χ4v) is 5.77. The van der Waals surface area contributed by atoms with Crippen molar-refractivity contribution in [3.05, 3.63) is 6.20 Å². The number of thiazole rings is 1. The fraction of sp³-hybridized carbons (Fsp3) is 0.750. The third kappa shape index (κ3) is 6.58. The van der Waals surface area contributed by atoms with Crippen molar-refractivity contribution in [1.29, 1.82) is 0 Å². The second kappa shape index (κ2) is 11.2. The smallest absolute Gasteiger partial charge is 0.324 e. The molecule has 2 amide bonds. The van der Waals surface area contributed by atoms with Crippen LogP contribution in [0.25, 0.3) is 0 Å². The molecular formula is C20H32N4O3S2. The molecule has 0 atom stereocenters. The number of nitrogens with one attached hydrogen (secondary N) is 2. The molecule has 2 N–H and O–H groups in total. The van der Waals surface area contributed by atoms with Gasteiger partial charge in [0.1, 0.15) is 0 Å². The van der Waals surface area contributed by atoms with E-state index in [9.17, 15) is 9.59 Å². The lowest BCUT2D eigenvalue weighted by molar-refractivity contribution is -0.139. The first-order valence-electron chi connectivity index (χ1n) is 10.6. The number of thioether (sulfide) groups is 1. The van der Waals surface area contributed by atoms with Crippen molar-refractivity contribution in [3.8, 4) is 0 Å². The maximum Gasteiger partial charge on any atom is 0.324 e. The Hall–Kier alpha value is -1.32. The molecule has 1 aliphatic carbocycles. The van der Waals surface area contributed by atoms with Crippen molar-refractivity contribution in [2.45, 2.75) is 68.7 Å². The Kier molecular flexibility index (Phi) is 8.62. The first kappa shape index (κ1) is 22.4. The molecule has 0 bridgehead atoms. The molecule has 3 rings (SSSR count). The summed E-state index contributed by atoms with van der Waals surface area (Å²) >= 11 is 2.79. The Labute approximate surface area is 181 Å². The number of urea groups is 1. The number of anilines is 1. The number of amides is 2. The van der Waals surface area contributed by atoms with Gasteiger partial charge in [-0.2, -0.15) is 0 Å². The lowest BCUT2D eigenvalue weighted by Crippen LogP contribution is -2.53. The minimum Gasteiger partial charge on any atom is -0.465 e. The highest BCUT2D eigenvalue weighted by Crippen LogP contribution is 2.32. The lowest BCUT2D eigenvalue weighted by Gasteiger charge is -2.42. The summed E-state index contributed by atoms with van der Waals surface area (Å²) in [5, 5.41) is 7.01. The van der Waals surface area contributed by atoms with Crippen LogP contribution in [0.15, 0.2) is 10.4 Å². The summed E-state index contributed by atoms with van der Waals surface area (Å²) in [5.74, 6) is 0.771. The standard InChI is InChI=1S/C20H32N4O3S2/c1-3-27-17(25)13-28-18-12-22-19(29-18)23-20(26)24(16-8-10-21-11-9-16)15-6-4-14(2)5-7-15/h12,14-16,21H,3-11,13H2,1-2H3,(H,22,23,26)/t14-,15-. The molecule has 0 aromatic carbocycles. The van der Waals surface area contributed by atoms with E-state index >= 15 is 0 Å². The van der Waals surface area contributed by atoms with Crippen LogP contribution < -0.4 is 10.6 Å². The van der Waals surface area contributed by atoms with Crippen molar-refractivity contribution in [1.82, 2.24) is 15.2 Å². The van der Waals surface area contributed by atoms with E-state index in [4.69, 9.17) is 4.74 Å². The van der Waals surface area contributed by atoms with Crippen molar-refractivity contribution >= 4 is 40.2 Å². The van der Waals surface area contributed by atoms with Gasteiger partial charge in [0.05, 0.1) is 22.8 Å². The Morgan fingerprint density at radius 1 is 1.24 bits per heavy atom. The highest BCUT2D eigenvalue weighted by atomic mass is 32.2. The van der Waals surface area contributed by atoms with Crippen molar-refractivity contribution in [2.75, 3.05) is 30.8 Å². The zero-order valence-corrected chi connectivity index (χ0v) is 18.9. The Morgan fingerprint density at radius 3 is 2.62 bits per heavy atom. The van der Waals surface area contributed by atoms with Crippen LogP contribution in [0, 0.1) is 5.92 Å². The number of carbonyl (C=O) groups is 2. The van der Waals surface area contributed by atoms with Crippen molar-refractivity contribution in [3.63, 3.8) is 0 Å². The molecule has 1 saturated heterocycles. The van der Waals surface area contributed by atoms with E-state index in [1.165, 1.54) is 35.9 Å². The first-order chi connectivity index (χ1) is 14.1. The van der Waals surface area contributed by atoms with Gasteiger partial charge in [-0.25, -0.2) is 9.78 Å². The van der Waals surface area contributed by atoms with E-state index < -0.39 is 0 Å². The molecule has 7 nitrogen and oxygen atoms in total. The molecule has 2 fully saturated rings. The summed E-state index contributed by atoms with van der Waals surface area (Å²) in [6, 6.07) is 0.562. The highest BCUT2D eigenvalue weighted by Gasteiger charge is 2.34. The second-order valence-electron chi connectivity index (χ2n) is 7.81. The number of aromatic nitrogens is 1. The third-order valence-electron chi connectivity index (χ3n) is 5.65. The van der Waals surface area contributed by atoms with Gasteiger partial charge in [-0.1, -0.05) is 18.3 Å². The average molecular weight is 441 g/mol. The molecule has 1 aromatic heterocycles. The first-order valence-corrected chi connectivity index (χ1v) is 12.4. The molecule has 0 radical (unpaired) electrons. The number of esters is 1. The van der Waals surface area contributed by atoms with Crippen LogP contribution in [0.1, 0.15) is 52.4 Å². The molecule has 162 valence electrons. The maximum atomic E-state index is 13.2. The zero-order valence-electron chi connectivity index (χ0n) is 17.3. The summed E-state index contributed by atoms with van der Waals surface area (Å²) in [4.78, 5) is 31.2. The van der Waals surface area contributed by atoms with Gasteiger partial charge in [0.15, 0.2) is 5.13 Å². The van der Waals surface area contributed by atoms with Gasteiger partial charge in [0, 0.05) is 12.1 Å². The SMILES string of the molecule is CCOC(=O)CSc1cnc(NC(=O)N(C2CCNCC2)[C@H]2CC[C@H](C)CC2)s1. The summed E-state index contributed by atoms with van der Waals surface area (Å²) < 4.78 is 5.85. The summed E-state index contributed by atoms with van der Waals surface area (Å²) in [6.45, 7) is 6.41. The van der Waals surface area contributed by atoms with Gasteiger partial charge in [0.25, 0.3) is 0 Å².